The van der Waals surface area contributed by atoms with Gasteiger partial charge in [0.2, 0.25) is 0 Å². The van der Waals surface area contributed by atoms with Gasteiger partial charge in [-0.1, -0.05) is 6.92 Å². The molecule has 88 valence electrons. The smallest absolute Gasteiger partial charge is 0.306 e. The third-order valence-corrected chi connectivity index (χ3v) is 4.31. The standard InChI is InChI=1S/C12H17NO2S/c1-8(12(14)15)11-5-13(6-11)9(2)10-3-4-16-7-10/h3-4,7-9,11H,5-6H2,1-2H3,(H,14,15). The Hall–Kier alpha value is -0.870. The van der Waals surface area contributed by atoms with Crippen LogP contribution in [-0.2, 0) is 4.79 Å². The minimum atomic E-state index is -0.673. The van der Waals surface area contributed by atoms with Crippen molar-refractivity contribution in [1.29, 1.82) is 0 Å². The number of nitrogens with zero attached hydrogens (tertiary/aromatic N) is 1. The summed E-state index contributed by atoms with van der Waals surface area (Å²) in [6.07, 6.45) is 0. The second-order valence-corrected chi connectivity index (χ2v) is 5.35. The largest absolute Gasteiger partial charge is 0.481 e. The molecule has 1 fully saturated rings. The number of carboxylic acids is 1. The summed E-state index contributed by atoms with van der Waals surface area (Å²) in [6.45, 7) is 5.80. The summed E-state index contributed by atoms with van der Waals surface area (Å²) in [5.41, 5.74) is 1.34. The van der Waals surface area contributed by atoms with Crippen LogP contribution < -0.4 is 0 Å². The van der Waals surface area contributed by atoms with Gasteiger partial charge in [0.25, 0.3) is 0 Å². The molecule has 2 heterocycles. The van der Waals surface area contributed by atoms with E-state index in [4.69, 9.17) is 5.11 Å². The Bertz CT molecular complexity index is 357. The summed E-state index contributed by atoms with van der Waals surface area (Å²) >= 11 is 1.71. The molecule has 0 radical (unpaired) electrons. The van der Waals surface area contributed by atoms with Gasteiger partial charge in [-0.2, -0.15) is 11.3 Å². The lowest BCUT2D eigenvalue weighted by Gasteiger charge is -2.44. The van der Waals surface area contributed by atoms with E-state index in [1.54, 1.807) is 18.3 Å². The fourth-order valence-corrected chi connectivity index (χ4v) is 2.85. The van der Waals surface area contributed by atoms with E-state index in [0.29, 0.717) is 12.0 Å². The number of aliphatic carboxylic acids is 1. The van der Waals surface area contributed by atoms with Crippen molar-refractivity contribution in [1.82, 2.24) is 4.90 Å². The quantitative estimate of drug-likeness (QED) is 0.877. The van der Waals surface area contributed by atoms with Crippen molar-refractivity contribution in [3.63, 3.8) is 0 Å². The van der Waals surface area contributed by atoms with Crippen LogP contribution in [0.2, 0.25) is 0 Å². The van der Waals surface area contributed by atoms with E-state index in [-0.39, 0.29) is 5.92 Å². The zero-order valence-corrected chi connectivity index (χ0v) is 10.4. The molecule has 1 saturated heterocycles. The zero-order chi connectivity index (χ0) is 11.7. The van der Waals surface area contributed by atoms with E-state index < -0.39 is 5.97 Å². The maximum atomic E-state index is 10.8. The molecule has 1 aromatic heterocycles. The van der Waals surface area contributed by atoms with Gasteiger partial charge in [0.1, 0.15) is 0 Å². The fourth-order valence-electron chi connectivity index (χ4n) is 2.11. The predicted octanol–water partition coefficient (Wildman–Crippen LogP) is 2.46. The molecule has 0 aliphatic carbocycles. The summed E-state index contributed by atoms with van der Waals surface area (Å²) in [5.74, 6) is -0.572. The van der Waals surface area contributed by atoms with E-state index in [1.165, 1.54) is 5.56 Å². The number of hydrogen-bond acceptors (Lipinski definition) is 3. The average Bonchev–Trinajstić information content (AvgIpc) is 2.67. The number of carboxylic acid groups (broad SMARTS) is 1. The Morgan fingerprint density at radius 1 is 1.56 bits per heavy atom. The second-order valence-electron chi connectivity index (χ2n) is 4.57. The second kappa shape index (κ2) is 4.55. The molecule has 3 nitrogen and oxygen atoms in total. The van der Waals surface area contributed by atoms with Crippen molar-refractivity contribution in [3.05, 3.63) is 22.4 Å². The Kier molecular flexibility index (Phi) is 3.30. The van der Waals surface area contributed by atoms with Crippen LogP contribution in [0.3, 0.4) is 0 Å². The van der Waals surface area contributed by atoms with Gasteiger partial charge < -0.3 is 5.11 Å². The van der Waals surface area contributed by atoms with Crippen LogP contribution in [0.25, 0.3) is 0 Å². The van der Waals surface area contributed by atoms with Gasteiger partial charge in [-0.05, 0) is 35.2 Å². The van der Waals surface area contributed by atoms with E-state index in [1.807, 2.05) is 0 Å². The van der Waals surface area contributed by atoms with Crippen LogP contribution in [0.5, 0.6) is 0 Å². The first-order valence-electron chi connectivity index (χ1n) is 5.58. The summed E-state index contributed by atoms with van der Waals surface area (Å²) in [5, 5.41) is 13.2. The van der Waals surface area contributed by atoms with Gasteiger partial charge >= 0.3 is 5.97 Å². The summed E-state index contributed by atoms with van der Waals surface area (Å²) in [4.78, 5) is 13.2. The SMILES string of the molecule is CC(C(=O)O)C1CN(C(C)c2ccsc2)C1. The highest BCUT2D eigenvalue weighted by Gasteiger charge is 2.36. The van der Waals surface area contributed by atoms with Gasteiger partial charge in [-0.3, -0.25) is 9.69 Å². The van der Waals surface area contributed by atoms with Crippen molar-refractivity contribution in [2.45, 2.75) is 19.9 Å². The highest BCUT2D eigenvalue weighted by atomic mass is 32.1. The van der Waals surface area contributed by atoms with Gasteiger partial charge in [0, 0.05) is 19.1 Å². The number of carbonyl (C=O) groups is 1. The molecule has 0 aromatic carbocycles. The molecule has 16 heavy (non-hydrogen) atoms. The maximum Gasteiger partial charge on any atom is 0.306 e. The van der Waals surface area contributed by atoms with Crippen LogP contribution >= 0.6 is 11.3 Å². The van der Waals surface area contributed by atoms with Crippen molar-refractivity contribution < 1.29 is 9.90 Å². The van der Waals surface area contributed by atoms with Crippen LogP contribution in [0, 0.1) is 11.8 Å². The molecular formula is C12H17NO2S. The van der Waals surface area contributed by atoms with E-state index in [2.05, 4.69) is 28.7 Å². The predicted molar refractivity (Wildman–Crippen MR) is 64.6 cm³/mol. The van der Waals surface area contributed by atoms with Crippen LogP contribution in [0.15, 0.2) is 16.8 Å². The minimum Gasteiger partial charge on any atom is -0.481 e. The first kappa shape index (κ1) is 11.6. The summed E-state index contributed by atoms with van der Waals surface area (Å²) in [6, 6.07) is 2.56. The lowest BCUT2D eigenvalue weighted by Crippen LogP contribution is -2.51. The molecule has 2 rings (SSSR count). The number of hydrogen-bond donors (Lipinski definition) is 1. The molecule has 0 bridgehead atoms. The minimum absolute atomic E-state index is 0.217. The molecule has 1 aliphatic rings. The van der Waals surface area contributed by atoms with Crippen molar-refractivity contribution >= 4 is 17.3 Å². The van der Waals surface area contributed by atoms with Gasteiger partial charge in [0.05, 0.1) is 5.92 Å². The van der Waals surface area contributed by atoms with Crippen LogP contribution in [0.4, 0.5) is 0 Å². The molecule has 2 atom stereocenters. The normalized spacial score (nSPS) is 21.4. The molecule has 4 heteroatoms. The number of likely N-dealkylation sites (tertiary alicyclic amines) is 1. The molecule has 0 amide bonds. The Balaban J connectivity index is 1.87. The molecular weight excluding hydrogens is 222 g/mol. The van der Waals surface area contributed by atoms with Crippen LogP contribution in [-0.4, -0.2) is 29.1 Å². The van der Waals surface area contributed by atoms with Crippen LogP contribution in [0.1, 0.15) is 25.5 Å². The molecule has 1 N–H and O–H groups in total. The lowest BCUT2D eigenvalue weighted by molar-refractivity contribution is -0.145. The highest BCUT2D eigenvalue weighted by molar-refractivity contribution is 7.07. The Morgan fingerprint density at radius 3 is 2.75 bits per heavy atom. The average molecular weight is 239 g/mol. The topological polar surface area (TPSA) is 40.5 Å². The van der Waals surface area contributed by atoms with Crippen molar-refractivity contribution in [3.8, 4) is 0 Å². The highest BCUT2D eigenvalue weighted by Crippen LogP contribution is 2.32. The van der Waals surface area contributed by atoms with E-state index in [0.717, 1.165) is 13.1 Å². The van der Waals surface area contributed by atoms with Gasteiger partial charge in [-0.25, -0.2) is 0 Å². The molecule has 0 saturated carbocycles. The summed E-state index contributed by atoms with van der Waals surface area (Å²) in [7, 11) is 0. The van der Waals surface area contributed by atoms with E-state index in [9.17, 15) is 4.79 Å². The fraction of sp³-hybridized carbons (Fsp3) is 0.583. The van der Waals surface area contributed by atoms with E-state index >= 15 is 0 Å². The molecule has 1 aliphatic heterocycles. The van der Waals surface area contributed by atoms with Crippen molar-refractivity contribution in [2.24, 2.45) is 11.8 Å². The number of thiophene rings is 1. The molecule has 1 aromatic rings. The first-order valence-corrected chi connectivity index (χ1v) is 6.53. The summed E-state index contributed by atoms with van der Waals surface area (Å²) < 4.78 is 0. The zero-order valence-electron chi connectivity index (χ0n) is 9.59. The Morgan fingerprint density at radius 2 is 2.25 bits per heavy atom. The first-order chi connectivity index (χ1) is 7.59. The van der Waals surface area contributed by atoms with Gasteiger partial charge in [-0.15, -0.1) is 0 Å². The monoisotopic (exact) mass is 239 g/mol. The van der Waals surface area contributed by atoms with Gasteiger partial charge in [0.15, 0.2) is 0 Å². The molecule has 2 unspecified atom stereocenters. The Labute approximate surface area is 99.7 Å². The lowest BCUT2D eigenvalue weighted by atomic mass is 9.85. The third-order valence-electron chi connectivity index (χ3n) is 3.61. The third kappa shape index (κ3) is 2.13. The maximum absolute atomic E-state index is 10.8. The number of rotatable bonds is 4. The van der Waals surface area contributed by atoms with Crippen molar-refractivity contribution in [2.75, 3.05) is 13.1 Å². The molecule has 0 spiro atoms.